The molecule has 0 spiro atoms. The minimum absolute atomic E-state index is 0.962. The van der Waals surface area contributed by atoms with Crippen molar-refractivity contribution in [1.29, 1.82) is 0 Å². The molecule has 12 heavy (non-hydrogen) atoms. The van der Waals surface area contributed by atoms with Gasteiger partial charge in [-0.15, -0.1) is 12.3 Å². The summed E-state index contributed by atoms with van der Waals surface area (Å²) >= 11 is 0. The molecule has 0 heterocycles. The lowest BCUT2D eigenvalue weighted by Crippen LogP contribution is -1.76. The Hall–Kier alpha value is -0.740. The molecule has 0 radical (unpaired) electrons. The van der Waals surface area contributed by atoms with Crippen LogP contribution in [-0.2, 0) is 0 Å². The highest BCUT2D eigenvalue weighted by Crippen LogP contribution is 2.20. The van der Waals surface area contributed by atoms with E-state index in [1.54, 1.807) is 0 Å². The molecule has 0 aliphatic heterocycles. The summed E-state index contributed by atoms with van der Waals surface area (Å²) in [5, 5.41) is 0. The molecule has 1 saturated carbocycles. The van der Waals surface area contributed by atoms with Gasteiger partial charge >= 0.3 is 0 Å². The summed E-state index contributed by atoms with van der Waals surface area (Å²) in [6.45, 7) is 3.68. The maximum Gasteiger partial charge on any atom is -0.00956 e. The van der Waals surface area contributed by atoms with Gasteiger partial charge in [0.2, 0.25) is 0 Å². The Balaban J connectivity index is 2.46. The van der Waals surface area contributed by atoms with E-state index in [9.17, 15) is 0 Å². The van der Waals surface area contributed by atoms with E-state index in [2.05, 4.69) is 18.4 Å². The third kappa shape index (κ3) is 3.59. The molecule has 0 saturated heterocycles. The van der Waals surface area contributed by atoms with Gasteiger partial charge in [0.05, 0.1) is 0 Å². The molecule has 0 aromatic rings. The van der Waals surface area contributed by atoms with Crippen LogP contribution in [-0.4, -0.2) is 0 Å². The van der Waals surface area contributed by atoms with Crippen molar-refractivity contribution in [3.8, 4) is 0 Å². The zero-order valence-electron chi connectivity index (χ0n) is 7.81. The Kier molecular flexibility index (Phi) is 4.56. The third-order valence-corrected chi connectivity index (χ3v) is 2.30. The summed E-state index contributed by atoms with van der Waals surface area (Å²) in [6, 6.07) is 0. The van der Waals surface area contributed by atoms with Crippen LogP contribution < -0.4 is 0 Å². The molecule has 0 N–H and O–H groups in total. The van der Waals surface area contributed by atoms with Gasteiger partial charge in [0.25, 0.3) is 0 Å². The molecule has 0 atom stereocenters. The molecule has 1 rings (SSSR count). The van der Waals surface area contributed by atoms with E-state index >= 15 is 0 Å². The molecule has 0 bridgehead atoms. The number of hydrogen-bond acceptors (Lipinski definition) is 0. The predicted molar refractivity (Wildman–Crippen MR) is 54.1 cm³/mol. The highest BCUT2D eigenvalue weighted by Gasteiger charge is 2.02. The zero-order chi connectivity index (χ0) is 8.65. The SMILES string of the molecule is C=CCC=C=C1CCCCCC1. The van der Waals surface area contributed by atoms with Crippen molar-refractivity contribution in [2.24, 2.45) is 0 Å². The van der Waals surface area contributed by atoms with Crippen LogP contribution in [0, 0.1) is 0 Å². The van der Waals surface area contributed by atoms with Gasteiger partial charge in [0.1, 0.15) is 0 Å². The average molecular weight is 162 g/mol. The van der Waals surface area contributed by atoms with Crippen molar-refractivity contribution >= 4 is 0 Å². The van der Waals surface area contributed by atoms with Crippen LogP contribution in [0.1, 0.15) is 44.9 Å². The van der Waals surface area contributed by atoms with E-state index in [4.69, 9.17) is 0 Å². The third-order valence-electron chi connectivity index (χ3n) is 2.30. The molecular formula is C12H18. The first-order chi connectivity index (χ1) is 5.93. The van der Waals surface area contributed by atoms with Gasteiger partial charge < -0.3 is 0 Å². The van der Waals surface area contributed by atoms with Crippen LogP contribution >= 0.6 is 0 Å². The molecule has 1 fully saturated rings. The van der Waals surface area contributed by atoms with Gasteiger partial charge in [-0.2, -0.15) is 0 Å². The zero-order valence-corrected chi connectivity index (χ0v) is 7.81. The first-order valence-corrected chi connectivity index (χ1v) is 4.97. The Morgan fingerprint density at radius 1 is 1.17 bits per heavy atom. The maximum atomic E-state index is 3.68. The lowest BCUT2D eigenvalue weighted by molar-refractivity contribution is 0.702. The van der Waals surface area contributed by atoms with Gasteiger partial charge in [0, 0.05) is 0 Å². The lowest BCUT2D eigenvalue weighted by Gasteiger charge is -1.95. The van der Waals surface area contributed by atoms with Crippen LogP contribution in [0.5, 0.6) is 0 Å². The first kappa shape index (κ1) is 9.35. The largest absolute Gasteiger partial charge is 0.126 e. The van der Waals surface area contributed by atoms with E-state index in [-0.39, 0.29) is 0 Å². The van der Waals surface area contributed by atoms with Crippen molar-refractivity contribution in [1.82, 2.24) is 0 Å². The topological polar surface area (TPSA) is 0 Å². The molecular weight excluding hydrogens is 144 g/mol. The van der Waals surface area contributed by atoms with Crippen LogP contribution in [0.15, 0.2) is 30.0 Å². The molecule has 0 unspecified atom stereocenters. The van der Waals surface area contributed by atoms with E-state index in [0.29, 0.717) is 0 Å². The molecule has 0 amide bonds. The Morgan fingerprint density at radius 2 is 1.83 bits per heavy atom. The van der Waals surface area contributed by atoms with E-state index in [0.717, 1.165) is 6.42 Å². The fraction of sp³-hybridized carbons (Fsp3) is 0.583. The molecule has 1 aliphatic rings. The number of rotatable bonds is 2. The monoisotopic (exact) mass is 162 g/mol. The summed E-state index contributed by atoms with van der Waals surface area (Å²) in [4.78, 5) is 0. The Morgan fingerprint density at radius 3 is 2.42 bits per heavy atom. The quantitative estimate of drug-likeness (QED) is 0.327. The second kappa shape index (κ2) is 5.85. The second-order valence-electron chi connectivity index (χ2n) is 3.39. The summed E-state index contributed by atoms with van der Waals surface area (Å²) in [5.74, 6) is 0. The van der Waals surface area contributed by atoms with Crippen molar-refractivity contribution < 1.29 is 0 Å². The predicted octanol–water partition coefficient (Wildman–Crippen LogP) is 4.00. The van der Waals surface area contributed by atoms with Crippen LogP contribution in [0.3, 0.4) is 0 Å². The van der Waals surface area contributed by atoms with Crippen molar-refractivity contribution in [3.05, 3.63) is 30.0 Å². The molecule has 66 valence electrons. The summed E-state index contributed by atoms with van der Waals surface area (Å²) in [6.07, 6.45) is 13.1. The van der Waals surface area contributed by atoms with Crippen LogP contribution in [0.25, 0.3) is 0 Å². The van der Waals surface area contributed by atoms with Crippen molar-refractivity contribution in [3.63, 3.8) is 0 Å². The lowest BCUT2D eigenvalue weighted by atomic mass is 10.1. The summed E-state index contributed by atoms with van der Waals surface area (Å²) < 4.78 is 0. The molecule has 0 aromatic heterocycles. The highest BCUT2D eigenvalue weighted by atomic mass is 14.1. The van der Waals surface area contributed by atoms with E-state index in [1.807, 2.05) is 6.08 Å². The van der Waals surface area contributed by atoms with E-state index in [1.165, 1.54) is 44.1 Å². The minimum Gasteiger partial charge on any atom is -0.126 e. The number of hydrogen-bond donors (Lipinski definition) is 0. The minimum atomic E-state index is 0.962. The Labute approximate surface area is 75.7 Å². The van der Waals surface area contributed by atoms with Crippen LogP contribution in [0.4, 0.5) is 0 Å². The Bertz CT molecular complexity index is 182. The molecule has 0 heteroatoms. The van der Waals surface area contributed by atoms with Gasteiger partial charge in [0.15, 0.2) is 0 Å². The normalized spacial score (nSPS) is 17.8. The maximum absolute atomic E-state index is 3.68. The van der Waals surface area contributed by atoms with Crippen molar-refractivity contribution in [2.75, 3.05) is 0 Å². The first-order valence-electron chi connectivity index (χ1n) is 4.97. The van der Waals surface area contributed by atoms with Gasteiger partial charge in [-0.3, -0.25) is 0 Å². The van der Waals surface area contributed by atoms with Gasteiger partial charge in [-0.25, -0.2) is 0 Å². The second-order valence-corrected chi connectivity index (χ2v) is 3.39. The average Bonchev–Trinajstić information content (AvgIpc) is 2.33. The smallest absolute Gasteiger partial charge is 0.00956 e. The van der Waals surface area contributed by atoms with Crippen molar-refractivity contribution in [2.45, 2.75) is 44.9 Å². The highest BCUT2D eigenvalue weighted by molar-refractivity contribution is 5.04. The number of allylic oxidation sites excluding steroid dienone is 2. The standard InChI is InChI=1S/C12H18/c1-2-3-6-9-12-10-7-4-5-8-11-12/h2,6H,1,3-5,7-8,10-11H2. The molecule has 0 nitrogen and oxygen atoms in total. The molecule has 1 aliphatic carbocycles. The fourth-order valence-electron chi connectivity index (χ4n) is 1.59. The van der Waals surface area contributed by atoms with Gasteiger partial charge in [-0.1, -0.05) is 18.9 Å². The van der Waals surface area contributed by atoms with Gasteiger partial charge in [-0.05, 0) is 43.8 Å². The van der Waals surface area contributed by atoms with Crippen LogP contribution in [0.2, 0.25) is 0 Å². The molecule has 0 aromatic carbocycles. The summed E-state index contributed by atoms with van der Waals surface area (Å²) in [7, 11) is 0. The van der Waals surface area contributed by atoms with E-state index < -0.39 is 0 Å². The fourth-order valence-corrected chi connectivity index (χ4v) is 1.59. The summed E-state index contributed by atoms with van der Waals surface area (Å²) in [5.41, 5.74) is 4.91.